The second-order valence-electron chi connectivity index (χ2n) is 8.33. The number of rotatable bonds is 4. The summed E-state index contributed by atoms with van der Waals surface area (Å²) in [4.78, 5) is 9.09. The minimum absolute atomic E-state index is 0. The molecule has 0 saturated heterocycles. The van der Waals surface area contributed by atoms with Gasteiger partial charge in [0.25, 0.3) is 0 Å². The van der Waals surface area contributed by atoms with Gasteiger partial charge in [-0.1, -0.05) is 29.7 Å². The van der Waals surface area contributed by atoms with Crippen LogP contribution >= 0.6 is 0 Å². The summed E-state index contributed by atoms with van der Waals surface area (Å²) < 4.78 is 8.15. The van der Waals surface area contributed by atoms with Crippen molar-refractivity contribution in [3.05, 3.63) is 115 Å². The van der Waals surface area contributed by atoms with E-state index >= 15 is 0 Å². The summed E-state index contributed by atoms with van der Waals surface area (Å²) in [5.41, 5.74) is 6.00. The maximum Gasteiger partial charge on any atom is 2.00 e. The fraction of sp³-hybridized carbons (Fsp3) is 0.0667. The Labute approximate surface area is 218 Å². The molecule has 0 saturated carbocycles. The second-order valence-corrected chi connectivity index (χ2v) is 8.33. The Bertz CT molecular complexity index is 1670. The van der Waals surface area contributed by atoms with E-state index in [2.05, 4.69) is 76.1 Å². The first-order valence-electron chi connectivity index (χ1n) is 11.2. The van der Waals surface area contributed by atoms with Gasteiger partial charge in [0.1, 0.15) is 5.82 Å². The van der Waals surface area contributed by atoms with Crippen molar-refractivity contribution < 1.29 is 25.8 Å². The minimum Gasteiger partial charge on any atom is -0.460 e. The van der Waals surface area contributed by atoms with Crippen molar-refractivity contribution in [3.8, 4) is 28.6 Å². The number of benzene rings is 3. The number of fused-ring (bicyclic) bond motifs is 3. The maximum atomic E-state index is 5.97. The van der Waals surface area contributed by atoms with Crippen LogP contribution in [0.1, 0.15) is 11.3 Å². The topological polar surface area (TPSA) is 39.9 Å². The van der Waals surface area contributed by atoms with E-state index in [9.17, 15) is 0 Å². The summed E-state index contributed by atoms with van der Waals surface area (Å²) in [7, 11) is 0. The number of ether oxygens (including phenoxy) is 1. The van der Waals surface area contributed by atoms with Crippen molar-refractivity contribution in [2.24, 2.45) is 0 Å². The van der Waals surface area contributed by atoms with Gasteiger partial charge in [0, 0.05) is 29.2 Å². The smallest absolute Gasteiger partial charge is 0.460 e. The molecule has 4 nitrogen and oxygen atoms in total. The van der Waals surface area contributed by atoms with Gasteiger partial charge in [0.2, 0.25) is 5.88 Å². The van der Waals surface area contributed by atoms with Crippen molar-refractivity contribution in [2.75, 3.05) is 0 Å². The van der Waals surface area contributed by atoms with Gasteiger partial charge >= 0.3 is 21.1 Å². The molecule has 0 unspecified atom stereocenters. The van der Waals surface area contributed by atoms with Crippen LogP contribution in [0.15, 0.2) is 91.1 Å². The number of pyridine rings is 2. The monoisotopic (exact) mass is 634 g/mol. The average molecular weight is 635 g/mol. The van der Waals surface area contributed by atoms with Gasteiger partial charge in [0.05, 0.1) is 0 Å². The Hall–Kier alpha value is -3.75. The SMILES string of the molecule is Cc1ccnc(-n2c3[c-]c(-c4[c-]c(Oc5cccc(C)n5)ccc4)ccc3c3ccccc32)c1.[Pt+2]. The first-order chi connectivity index (χ1) is 16.7. The molecule has 3 heterocycles. The van der Waals surface area contributed by atoms with Gasteiger partial charge in [-0.2, -0.15) is 24.3 Å². The molecule has 0 radical (unpaired) electrons. The summed E-state index contributed by atoms with van der Waals surface area (Å²) in [5.74, 6) is 2.05. The molecule has 6 rings (SSSR count). The number of aromatic nitrogens is 3. The number of para-hydroxylation sites is 1. The molecule has 0 N–H and O–H groups in total. The van der Waals surface area contributed by atoms with Gasteiger partial charge in [-0.15, -0.1) is 18.2 Å². The number of hydrogen-bond donors (Lipinski definition) is 0. The van der Waals surface area contributed by atoms with Crippen LogP contribution in [0, 0.1) is 26.0 Å². The molecule has 172 valence electrons. The summed E-state index contributed by atoms with van der Waals surface area (Å²) in [5, 5.41) is 2.31. The predicted octanol–water partition coefficient (Wildman–Crippen LogP) is 7.25. The Balaban J connectivity index is 0.00000253. The van der Waals surface area contributed by atoms with E-state index in [1.807, 2.05) is 55.6 Å². The predicted molar refractivity (Wildman–Crippen MR) is 135 cm³/mol. The van der Waals surface area contributed by atoms with E-state index in [0.29, 0.717) is 11.6 Å². The summed E-state index contributed by atoms with van der Waals surface area (Å²) >= 11 is 0. The molecule has 6 aromatic rings. The Morgan fingerprint density at radius 2 is 1.60 bits per heavy atom. The average Bonchev–Trinajstić information content (AvgIpc) is 3.18. The van der Waals surface area contributed by atoms with Crippen LogP contribution < -0.4 is 4.74 Å². The molecule has 0 atom stereocenters. The van der Waals surface area contributed by atoms with Gasteiger partial charge in [-0.3, -0.25) is 0 Å². The third kappa shape index (κ3) is 4.38. The van der Waals surface area contributed by atoms with Gasteiger partial charge in [-0.05, 0) is 54.6 Å². The standard InChI is InChI=1S/C30H21N3O.Pt/c1-20-15-16-31-29(17-20)33-27-11-4-3-10-25(27)26-14-13-23(19-28(26)33)22-8-6-9-24(18-22)34-30-12-5-7-21(2)32-30;/h3-17H,1-2H3;/q-2;+2. The van der Waals surface area contributed by atoms with Gasteiger partial charge in [0.15, 0.2) is 0 Å². The van der Waals surface area contributed by atoms with E-state index in [-0.39, 0.29) is 21.1 Å². The normalized spacial score (nSPS) is 10.9. The maximum absolute atomic E-state index is 5.97. The summed E-state index contributed by atoms with van der Waals surface area (Å²) in [6.07, 6.45) is 1.85. The molecule has 0 fully saturated rings. The van der Waals surface area contributed by atoms with Crippen molar-refractivity contribution in [1.29, 1.82) is 0 Å². The first kappa shape index (κ1) is 23.0. The molecule has 0 bridgehead atoms. The van der Waals surface area contributed by atoms with E-state index in [1.54, 1.807) is 0 Å². The van der Waals surface area contributed by atoms with E-state index in [0.717, 1.165) is 44.6 Å². The fourth-order valence-electron chi connectivity index (χ4n) is 4.28. The molecule has 0 aliphatic heterocycles. The third-order valence-electron chi connectivity index (χ3n) is 5.85. The molecule has 0 aliphatic carbocycles. The number of hydrogen-bond acceptors (Lipinski definition) is 3. The number of nitrogens with zero attached hydrogens (tertiary/aromatic N) is 3. The zero-order valence-corrected chi connectivity index (χ0v) is 21.5. The minimum atomic E-state index is 0. The molecule has 3 aromatic heterocycles. The zero-order chi connectivity index (χ0) is 23.1. The second kappa shape index (κ2) is 9.48. The molecule has 35 heavy (non-hydrogen) atoms. The number of aryl methyl sites for hydroxylation is 2. The Morgan fingerprint density at radius 3 is 2.46 bits per heavy atom. The van der Waals surface area contributed by atoms with Crippen molar-refractivity contribution in [2.45, 2.75) is 13.8 Å². The van der Waals surface area contributed by atoms with E-state index < -0.39 is 0 Å². The van der Waals surface area contributed by atoms with Crippen LogP contribution in [0.4, 0.5) is 0 Å². The molecular weight excluding hydrogens is 613 g/mol. The van der Waals surface area contributed by atoms with Crippen molar-refractivity contribution >= 4 is 21.8 Å². The molecule has 3 aromatic carbocycles. The molecule has 0 spiro atoms. The van der Waals surface area contributed by atoms with Gasteiger partial charge < -0.3 is 9.30 Å². The summed E-state index contributed by atoms with van der Waals surface area (Å²) in [6.45, 7) is 4.02. The van der Waals surface area contributed by atoms with Crippen molar-refractivity contribution in [1.82, 2.24) is 14.5 Å². The Kier molecular flexibility index (Phi) is 6.23. The molecular formula is C30H21N3OPt. The van der Waals surface area contributed by atoms with Gasteiger partial charge in [-0.25, -0.2) is 21.1 Å². The van der Waals surface area contributed by atoms with Crippen LogP contribution in [-0.2, 0) is 21.1 Å². The van der Waals surface area contributed by atoms with Crippen LogP contribution in [0.5, 0.6) is 11.6 Å². The molecule has 0 amide bonds. The van der Waals surface area contributed by atoms with Crippen LogP contribution in [-0.4, -0.2) is 14.5 Å². The van der Waals surface area contributed by atoms with Crippen LogP contribution in [0.2, 0.25) is 0 Å². The molecule has 5 heteroatoms. The first-order valence-corrected chi connectivity index (χ1v) is 11.2. The van der Waals surface area contributed by atoms with Crippen LogP contribution in [0.25, 0.3) is 38.8 Å². The third-order valence-corrected chi connectivity index (χ3v) is 5.85. The largest absolute Gasteiger partial charge is 2.00 e. The quantitative estimate of drug-likeness (QED) is 0.192. The van der Waals surface area contributed by atoms with E-state index in [4.69, 9.17) is 4.74 Å². The summed E-state index contributed by atoms with van der Waals surface area (Å²) in [6, 6.07) is 35.4. The zero-order valence-electron chi connectivity index (χ0n) is 19.2. The van der Waals surface area contributed by atoms with E-state index in [1.165, 1.54) is 5.39 Å². The molecule has 0 aliphatic rings. The van der Waals surface area contributed by atoms with Crippen molar-refractivity contribution in [3.63, 3.8) is 0 Å². The van der Waals surface area contributed by atoms with Crippen LogP contribution in [0.3, 0.4) is 0 Å². The Morgan fingerprint density at radius 1 is 0.771 bits per heavy atom. The fourth-order valence-corrected chi connectivity index (χ4v) is 4.28.